The Bertz CT molecular complexity index is 421. The van der Waals surface area contributed by atoms with Crippen LogP contribution in [0.15, 0.2) is 22.7 Å². The first-order chi connectivity index (χ1) is 9.15. The highest BCUT2D eigenvalue weighted by molar-refractivity contribution is 9.10. The van der Waals surface area contributed by atoms with Crippen molar-refractivity contribution in [1.29, 1.82) is 0 Å². The zero-order valence-corrected chi connectivity index (χ0v) is 13.0. The maximum atomic E-state index is 14.0. The van der Waals surface area contributed by atoms with Crippen LogP contribution in [0, 0.1) is 11.7 Å². The molecular formula is C15H22BrFN2. The summed E-state index contributed by atoms with van der Waals surface area (Å²) in [6.45, 7) is 4.51. The van der Waals surface area contributed by atoms with Crippen LogP contribution in [-0.4, -0.2) is 24.5 Å². The van der Waals surface area contributed by atoms with E-state index in [0.717, 1.165) is 23.5 Å². The standard InChI is InChI=1S/C15H22BrFN2/c1-2-19(10-11-4-3-5-11)15(9-18)13-8-12(16)6-7-14(13)17/h6-8,11,15H,2-5,9-10,18H2,1H3. The Morgan fingerprint density at radius 3 is 2.74 bits per heavy atom. The zero-order chi connectivity index (χ0) is 13.8. The summed E-state index contributed by atoms with van der Waals surface area (Å²) >= 11 is 3.41. The van der Waals surface area contributed by atoms with Crippen molar-refractivity contribution in [2.24, 2.45) is 11.7 Å². The third-order valence-electron chi connectivity index (χ3n) is 4.10. The van der Waals surface area contributed by atoms with E-state index in [2.05, 4.69) is 27.8 Å². The van der Waals surface area contributed by atoms with Gasteiger partial charge in [-0.3, -0.25) is 4.90 Å². The summed E-state index contributed by atoms with van der Waals surface area (Å²) in [5, 5.41) is 0. The minimum absolute atomic E-state index is 0.0249. The van der Waals surface area contributed by atoms with Gasteiger partial charge in [-0.05, 0) is 43.5 Å². The third-order valence-corrected chi connectivity index (χ3v) is 4.60. The van der Waals surface area contributed by atoms with Crippen LogP contribution in [-0.2, 0) is 0 Å². The summed E-state index contributed by atoms with van der Waals surface area (Å²) in [5.41, 5.74) is 6.62. The lowest BCUT2D eigenvalue weighted by molar-refractivity contribution is 0.139. The Labute approximate surface area is 123 Å². The molecule has 1 aliphatic rings. The average molecular weight is 329 g/mol. The van der Waals surface area contributed by atoms with Gasteiger partial charge >= 0.3 is 0 Å². The molecule has 2 N–H and O–H groups in total. The quantitative estimate of drug-likeness (QED) is 0.862. The van der Waals surface area contributed by atoms with Gasteiger partial charge in [-0.15, -0.1) is 0 Å². The molecule has 1 aromatic rings. The number of benzene rings is 1. The van der Waals surface area contributed by atoms with Gasteiger partial charge in [0, 0.05) is 29.2 Å². The first-order valence-electron chi connectivity index (χ1n) is 7.04. The summed E-state index contributed by atoms with van der Waals surface area (Å²) in [7, 11) is 0. The molecular weight excluding hydrogens is 307 g/mol. The van der Waals surface area contributed by atoms with Gasteiger partial charge in [0.1, 0.15) is 5.82 Å². The van der Waals surface area contributed by atoms with Crippen molar-refractivity contribution in [3.05, 3.63) is 34.1 Å². The smallest absolute Gasteiger partial charge is 0.128 e. The molecule has 1 atom stereocenters. The topological polar surface area (TPSA) is 29.3 Å². The maximum absolute atomic E-state index is 14.0. The maximum Gasteiger partial charge on any atom is 0.128 e. The Balaban J connectivity index is 2.17. The number of rotatable bonds is 6. The summed E-state index contributed by atoms with van der Waals surface area (Å²) in [6.07, 6.45) is 3.93. The van der Waals surface area contributed by atoms with Crippen LogP contribution in [0.25, 0.3) is 0 Å². The second-order valence-corrected chi connectivity index (χ2v) is 6.22. The molecule has 106 valence electrons. The van der Waals surface area contributed by atoms with E-state index in [0.29, 0.717) is 12.1 Å². The minimum Gasteiger partial charge on any atom is -0.329 e. The molecule has 0 aliphatic heterocycles. The van der Waals surface area contributed by atoms with Gasteiger partial charge in [0.2, 0.25) is 0 Å². The molecule has 2 rings (SSSR count). The molecule has 0 amide bonds. The Kier molecular flexibility index (Phi) is 5.37. The minimum atomic E-state index is -0.161. The highest BCUT2D eigenvalue weighted by atomic mass is 79.9. The van der Waals surface area contributed by atoms with Gasteiger partial charge in [0.05, 0.1) is 0 Å². The van der Waals surface area contributed by atoms with Gasteiger partial charge < -0.3 is 5.73 Å². The first-order valence-corrected chi connectivity index (χ1v) is 7.84. The molecule has 19 heavy (non-hydrogen) atoms. The zero-order valence-electron chi connectivity index (χ0n) is 11.4. The van der Waals surface area contributed by atoms with E-state index in [1.807, 2.05) is 6.07 Å². The van der Waals surface area contributed by atoms with Crippen LogP contribution in [0.5, 0.6) is 0 Å². The van der Waals surface area contributed by atoms with E-state index in [-0.39, 0.29) is 11.9 Å². The van der Waals surface area contributed by atoms with Gasteiger partial charge in [-0.2, -0.15) is 0 Å². The molecule has 1 saturated carbocycles. The highest BCUT2D eigenvalue weighted by Crippen LogP contribution is 2.31. The second kappa shape index (κ2) is 6.82. The summed E-state index contributed by atoms with van der Waals surface area (Å²) in [5.74, 6) is 0.606. The van der Waals surface area contributed by atoms with Crippen LogP contribution in [0.2, 0.25) is 0 Å². The lowest BCUT2D eigenvalue weighted by Gasteiger charge is -2.36. The SMILES string of the molecule is CCN(CC1CCC1)C(CN)c1cc(Br)ccc1F. The number of hydrogen-bond donors (Lipinski definition) is 1. The third kappa shape index (κ3) is 3.56. The van der Waals surface area contributed by atoms with Crippen LogP contribution < -0.4 is 5.73 Å². The lowest BCUT2D eigenvalue weighted by atomic mass is 9.84. The van der Waals surface area contributed by atoms with Crippen LogP contribution in [0.3, 0.4) is 0 Å². The van der Waals surface area contributed by atoms with Crippen LogP contribution >= 0.6 is 15.9 Å². The van der Waals surface area contributed by atoms with Crippen molar-refractivity contribution in [2.45, 2.75) is 32.2 Å². The van der Waals surface area contributed by atoms with Crippen molar-refractivity contribution in [1.82, 2.24) is 4.90 Å². The molecule has 4 heteroatoms. The fourth-order valence-electron chi connectivity index (χ4n) is 2.73. The average Bonchev–Trinajstić information content (AvgIpc) is 2.35. The normalized spacial score (nSPS) is 17.5. The van der Waals surface area contributed by atoms with Gasteiger partial charge in [-0.25, -0.2) is 4.39 Å². The molecule has 0 saturated heterocycles. The summed E-state index contributed by atoms with van der Waals surface area (Å²) in [4.78, 5) is 2.31. The molecule has 0 spiro atoms. The fraction of sp³-hybridized carbons (Fsp3) is 0.600. The summed E-state index contributed by atoms with van der Waals surface area (Å²) in [6, 6.07) is 5.08. The number of likely N-dealkylation sites (N-methyl/N-ethyl adjacent to an activating group) is 1. The van der Waals surface area contributed by atoms with Crippen molar-refractivity contribution in [3.63, 3.8) is 0 Å². The number of halogens is 2. The van der Waals surface area contributed by atoms with E-state index < -0.39 is 0 Å². The van der Waals surface area contributed by atoms with Crippen LogP contribution in [0.4, 0.5) is 4.39 Å². The highest BCUT2D eigenvalue weighted by Gasteiger charge is 2.26. The van der Waals surface area contributed by atoms with Crippen LogP contribution in [0.1, 0.15) is 37.8 Å². The van der Waals surface area contributed by atoms with Crippen molar-refractivity contribution < 1.29 is 4.39 Å². The first kappa shape index (κ1) is 14.9. The Morgan fingerprint density at radius 2 is 2.21 bits per heavy atom. The summed E-state index contributed by atoms with van der Waals surface area (Å²) < 4.78 is 14.9. The van der Waals surface area contributed by atoms with Crippen molar-refractivity contribution >= 4 is 15.9 Å². The molecule has 2 nitrogen and oxygen atoms in total. The molecule has 1 unspecified atom stereocenters. The number of nitrogens with zero attached hydrogens (tertiary/aromatic N) is 1. The monoisotopic (exact) mass is 328 g/mol. The lowest BCUT2D eigenvalue weighted by Crippen LogP contribution is -2.39. The Hall–Kier alpha value is -0.450. The van der Waals surface area contributed by atoms with Crippen molar-refractivity contribution in [3.8, 4) is 0 Å². The second-order valence-electron chi connectivity index (χ2n) is 5.30. The Morgan fingerprint density at radius 1 is 1.47 bits per heavy atom. The predicted molar refractivity (Wildman–Crippen MR) is 80.5 cm³/mol. The van der Waals surface area contributed by atoms with Crippen molar-refractivity contribution in [2.75, 3.05) is 19.6 Å². The van der Waals surface area contributed by atoms with Gasteiger partial charge in [-0.1, -0.05) is 29.3 Å². The number of hydrogen-bond acceptors (Lipinski definition) is 2. The van der Waals surface area contributed by atoms with E-state index in [1.54, 1.807) is 6.07 Å². The molecule has 0 bridgehead atoms. The fourth-order valence-corrected chi connectivity index (χ4v) is 3.11. The predicted octanol–water partition coefficient (Wildman–Crippen LogP) is 3.71. The molecule has 1 aliphatic carbocycles. The number of nitrogens with two attached hydrogens (primary N) is 1. The van der Waals surface area contributed by atoms with E-state index in [9.17, 15) is 4.39 Å². The molecule has 0 aromatic heterocycles. The molecule has 0 radical (unpaired) electrons. The van der Waals surface area contributed by atoms with E-state index in [1.165, 1.54) is 25.3 Å². The largest absolute Gasteiger partial charge is 0.329 e. The molecule has 1 aromatic carbocycles. The molecule has 0 heterocycles. The van der Waals surface area contributed by atoms with Gasteiger partial charge in [0.15, 0.2) is 0 Å². The van der Waals surface area contributed by atoms with E-state index >= 15 is 0 Å². The molecule has 1 fully saturated rings. The van der Waals surface area contributed by atoms with Gasteiger partial charge in [0.25, 0.3) is 0 Å². The van der Waals surface area contributed by atoms with E-state index in [4.69, 9.17) is 5.73 Å².